The molecule has 0 heterocycles. The summed E-state index contributed by atoms with van der Waals surface area (Å²) >= 11 is 0. The minimum absolute atomic E-state index is 0.101. The van der Waals surface area contributed by atoms with Crippen molar-refractivity contribution in [3.8, 4) is 12.1 Å². The fourth-order valence-corrected chi connectivity index (χ4v) is 0.132. The number of aliphatic hydroxyl groups excluding tert-OH is 1. The van der Waals surface area contributed by atoms with Crippen molar-refractivity contribution in [2.45, 2.75) is 12.5 Å². The molecule has 0 aliphatic heterocycles. The van der Waals surface area contributed by atoms with Crippen LogP contribution in [0.25, 0.3) is 0 Å². The van der Waals surface area contributed by atoms with Gasteiger partial charge in [0.25, 0.3) is 0 Å². The van der Waals surface area contributed by atoms with E-state index < -0.39 is 6.10 Å². The van der Waals surface area contributed by atoms with Crippen LogP contribution < -0.4 is 0 Å². The lowest BCUT2D eigenvalue weighted by Crippen LogP contribution is -1.98. The molecule has 0 aromatic carbocycles. The molecule has 3 nitrogen and oxygen atoms in total. The first-order chi connectivity index (χ1) is 3.31. The first kappa shape index (κ1) is 5.94. The zero-order valence-corrected chi connectivity index (χ0v) is 3.63. The van der Waals surface area contributed by atoms with Crippen LogP contribution in [-0.4, -0.2) is 11.2 Å². The van der Waals surface area contributed by atoms with Crippen molar-refractivity contribution in [2.24, 2.45) is 0 Å². The molecule has 36 valence electrons. The van der Waals surface area contributed by atoms with Crippen molar-refractivity contribution in [2.75, 3.05) is 0 Å². The molecule has 0 aliphatic carbocycles. The topological polar surface area (TPSA) is 67.8 Å². The second-order valence-electron chi connectivity index (χ2n) is 1.01. The quantitative estimate of drug-likeness (QED) is 0.459. The predicted molar refractivity (Wildman–Crippen MR) is 21.8 cm³/mol. The average molecular weight is 96.1 g/mol. The Hall–Kier alpha value is -1.06. The number of hydrogen-bond acceptors (Lipinski definition) is 3. The predicted octanol–water partition coefficient (Wildman–Crippen LogP) is -0.215. The minimum atomic E-state index is -1.11. The Labute approximate surface area is 41.4 Å². The van der Waals surface area contributed by atoms with Gasteiger partial charge in [-0.25, -0.2) is 0 Å². The Morgan fingerprint density at radius 2 is 2.14 bits per heavy atom. The molecule has 7 heavy (non-hydrogen) atoms. The van der Waals surface area contributed by atoms with E-state index in [1.54, 1.807) is 6.07 Å². The highest BCUT2D eigenvalue weighted by Gasteiger charge is 1.95. The maximum absolute atomic E-state index is 8.27. The number of hydrogen-bond donors (Lipinski definition) is 1. The van der Waals surface area contributed by atoms with Crippen LogP contribution in [-0.2, 0) is 0 Å². The Kier molecular flexibility index (Phi) is 2.67. The highest BCUT2D eigenvalue weighted by Crippen LogP contribution is 1.82. The number of aliphatic hydroxyl groups is 1. The third kappa shape index (κ3) is 2.75. The normalized spacial score (nSPS) is 11.3. The van der Waals surface area contributed by atoms with Crippen molar-refractivity contribution in [1.82, 2.24) is 0 Å². The van der Waals surface area contributed by atoms with Crippen LogP contribution >= 0.6 is 0 Å². The highest BCUT2D eigenvalue weighted by molar-refractivity contribution is 4.89. The van der Waals surface area contributed by atoms with Gasteiger partial charge in [-0.1, -0.05) is 0 Å². The molecule has 0 aliphatic rings. The summed E-state index contributed by atoms with van der Waals surface area (Å²) < 4.78 is 0. The molecule has 0 saturated heterocycles. The van der Waals surface area contributed by atoms with Gasteiger partial charge in [0.05, 0.1) is 18.6 Å². The van der Waals surface area contributed by atoms with Gasteiger partial charge >= 0.3 is 0 Å². The zero-order chi connectivity index (χ0) is 5.70. The lowest BCUT2D eigenvalue weighted by Gasteiger charge is -1.85. The van der Waals surface area contributed by atoms with Crippen LogP contribution in [0, 0.1) is 22.7 Å². The van der Waals surface area contributed by atoms with Crippen LogP contribution in [0.15, 0.2) is 0 Å². The summed E-state index contributed by atoms with van der Waals surface area (Å²) in [5.41, 5.74) is 0. The second kappa shape index (κ2) is 3.14. The Morgan fingerprint density at radius 3 is 2.29 bits per heavy atom. The molecule has 0 saturated carbocycles. The van der Waals surface area contributed by atoms with E-state index in [-0.39, 0.29) is 6.42 Å². The maximum Gasteiger partial charge on any atom is 0.153 e. The minimum Gasteiger partial charge on any atom is -0.377 e. The molecular weight excluding hydrogens is 92.1 g/mol. The fourth-order valence-electron chi connectivity index (χ4n) is 0.132. The molecule has 0 spiro atoms. The fraction of sp³-hybridized carbons (Fsp3) is 0.500. The van der Waals surface area contributed by atoms with Gasteiger partial charge in [-0.2, -0.15) is 10.5 Å². The van der Waals surface area contributed by atoms with E-state index in [4.69, 9.17) is 15.6 Å². The van der Waals surface area contributed by atoms with E-state index in [0.29, 0.717) is 0 Å². The number of nitrogens with zero attached hydrogens (tertiary/aromatic N) is 2. The van der Waals surface area contributed by atoms with Gasteiger partial charge in [-0.3, -0.25) is 0 Å². The van der Waals surface area contributed by atoms with E-state index in [1.165, 1.54) is 6.07 Å². The summed E-state index contributed by atoms with van der Waals surface area (Å²) in [6.45, 7) is 0. The van der Waals surface area contributed by atoms with Gasteiger partial charge in [-0.05, 0) is 0 Å². The monoisotopic (exact) mass is 96.0 g/mol. The SMILES string of the molecule is N#CC[C@@H](O)C#N. The lowest BCUT2D eigenvalue weighted by atomic mass is 10.3. The van der Waals surface area contributed by atoms with Gasteiger partial charge in [0.1, 0.15) is 0 Å². The summed E-state index contributed by atoms with van der Waals surface area (Å²) in [5, 5.41) is 23.9. The molecule has 0 fully saturated rings. The Morgan fingerprint density at radius 1 is 1.57 bits per heavy atom. The van der Waals surface area contributed by atoms with E-state index >= 15 is 0 Å². The van der Waals surface area contributed by atoms with Gasteiger partial charge in [0.2, 0.25) is 0 Å². The summed E-state index contributed by atoms with van der Waals surface area (Å²) in [5.74, 6) is 0. The second-order valence-corrected chi connectivity index (χ2v) is 1.01. The first-order valence-corrected chi connectivity index (χ1v) is 1.76. The van der Waals surface area contributed by atoms with Gasteiger partial charge in [-0.15, -0.1) is 0 Å². The molecule has 1 N–H and O–H groups in total. The standard InChI is InChI=1S/C4H4N2O/c5-2-1-4(7)3-6/h4,7H,1H2/t4-/m1/s1. The van der Waals surface area contributed by atoms with Crippen LogP contribution in [0.2, 0.25) is 0 Å². The molecule has 0 radical (unpaired) electrons. The van der Waals surface area contributed by atoms with Gasteiger partial charge in [0.15, 0.2) is 6.10 Å². The summed E-state index contributed by atoms with van der Waals surface area (Å²) in [7, 11) is 0. The van der Waals surface area contributed by atoms with E-state index in [2.05, 4.69) is 0 Å². The third-order valence-electron chi connectivity index (χ3n) is 0.434. The number of rotatable bonds is 1. The molecule has 3 heteroatoms. The molecule has 0 amide bonds. The molecule has 0 unspecified atom stereocenters. The van der Waals surface area contributed by atoms with Crippen LogP contribution in [0.1, 0.15) is 6.42 Å². The van der Waals surface area contributed by atoms with Crippen molar-refractivity contribution in [3.63, 3.8) is 0 Å². The summed E-state index contributed by atoms with van der Waals surface area (Å²) in [6.07, 6.45) is -1.21. The van der Waals surface area contributed by atoms with Crippen molar-refractivity contribution in [1.29, 1.82) is 10.5 Å². The smallest absolute Gasteiger partial charge is 0.153 e. The highest BCUT2D eigenvalue weighted by atomic mass is 16.3. The zero-order valence-electron chi connectivity index (χ0n) is 3.63. The van der Waals surface area contributed by atoms with Gasteiger partial charge in [0, 0.05) is 0 Å². The third-order valence-corrected chi connectivity index (χ3v) is 0.434. The molecule has 0 rings (SSSR count). The first-order valence-electron chi connectivity index (χ1n) is 1.76. The van der Waals surface area contributed by atoms with E-state index in [9.17, 15) is 0 Å². The largest absolute Gasteiger partial charge is 0.377 e. The number of nitriles is 2. The van der Waals surface area contributed by atoms with Crippen molar-refractivity contribution in [3.05, 3.63) is 0 Å². The summed E-state index contributed by atoms with van der Waals surface area (Å²) in [6, 6.07) is 3.14. The molecule has 0 bridgehead atoms. The summed E-state index contributed by atoms with van der Waals surface area (Å²) in [4.78, 5) is 0. The van der Waals surface area contributed by atoms with Gasteiger partial charge < -0.3 is 5.11 Å². The average Bonchev–Trinajstić information content (AvgIpc) is 1.68. The molecule has 0 aromatic rings. The van der Waals surface area contributed by atoms with Crippen LogP contribution in [0.4, 0.5) is 0 Å². The van der Waals surface area contributed by atoms with E-state index in [0.717, 1.165) is 0 Å². The lowest BCUT2D eigenvalue weighted by molar-refractivity contribution is 0.236. The molecule has 0 aromatic heterocycles. The van der Waals surface area contributed by atoms with Crippen LogP contribution in [0.5, 0.6) is 0 Å². The molecular formula is C4H4N2O. The van der Waals surface area contributed by atoms with Crippen molar-refractivity contribution >= 4 is 0 Å². The van der Waals surface area contributed by atoms with E-state index in [1.807, 2.05) is 0 Å². The Bertz CT molecular complexity index is 119. The Balaban J connectivity index is 3.27. The van der Waals surface area contributed by atoms with Crippen LogP contribution in [0.3, 0.4) is 0 Å². The van der Waals surface area contributed by atoms with Crippen molar-refractivity contribution < 1.29 is 5.11 Å². The molecule has 1 atom stereocenters. The maximum atomic E-state index is 8.27.